The van der Waals surface area contributed by atoms with Gasteiger partial charge in [-0.25, -0.2) is 5.43 Å². The minimum atomic E-state index is -1.04. The third-order valence-corrected chi connectivity index (χ3v) is 3.61. The second-order valence-corrected chi connectivity index (χ2v) is 5.28. The van der Waals surface area contributed by atoms with Gasteiger partial charge in [0.05, 0.1) is 21.9 Å². The lowest BCUT2D eigenvalue weighted by atomic mass is 10.2. The SMILES string of the molecule is O=C(N/N=C\c1ccc(O)cc1O)C(=O)Nc1cccc(Cl)c1Cl. The normalized spacial score (nSPS) is 10.6. The highest BCUT2D eigenvalue weighted by molar-refractivity contribution is 6.45. The largest absolute Gasteiger partial charge is 0.508 e. The molecule has 2 rings (SSSR count). The number of halogens is 2. The zero-order valence-electron chi connectivity index (χ0n) is 12.0. The quantitative estimate of drug-likeness (QED) is 0.379. The van der Waals surface area contributed by atoms with Gasteiger partial charge in [-0.3, -0.25) is 9.59 Å². The minimum absolute atomic E-state index is 0.109. The van der Waals surface area contributed by atoms with Crippen LogP contribution in [0.2, 0.25) is 10.0 Å². The van der Waals surface area contributed by atoms with Gasteiger partial charge in [0.2, 0.25) is 0 Å². The number of benzene rings is 2. The molecule has 0 aliphatic carbocycles. The molecule has 2 aromatic carbocycles. The van der Waals surface area contributed by atoms with E-state index in [9.17, 15) is 14.7 Å². The summed E-state index contributed by atoms with van der Waals surface area (Å²) < 4.78 is 0. The number of carbonyl (C=O) groups is 2. The molecule has 0 spiro atoms. The van der Waals surface area contributed by atoms with E-state index in [-0.39, 0.29) is 32.8 Å². The van der Waals surface area contributed by atoms with Crippen LogP contribution in [0, 0.1) is 0 Å². The summed E-state index contributed by atoms with van der Waals surface area (Å²) >= 11 is 11.7. The Morgan fingerprint density at radius 3 is 2.54 bits per heavy atom. The molecule has 124 valence electrons. The maximum absolute atomic E-state index is 11.7. The first kappa shape index (κ1) is 17.6. The summed E-state index contributed by atoms with van der Waals surface area (Å²) in [5.74, 6) is -2.39. The Hall–Kier alpha value is -2.77. The number of carbonyl (C=O) groups excluding carboxylic acids is 2. The van der Waals surface area contributed by atoms with Gasteiger partial charge >= 0.3 is 11.8 Å². The second kappa shape index (κ2) is 7.67. The van der Waals surface area contributed by atoms with E-state index in [1.807, 2.05) is 5.43 Å². The summed E-state index contributed by atoms with van der Waals surface area (Å²) in [5, 5.41) is 24.9. The Morgan fingerprint density at radius 1 is 1.08 bits per heavy atom. The summed E-state index contributed by atoms with van der Waals surface area (Å²) in [4.78, 5) is 23.4. The fourth-order valence-electron chi connectivity index (χ4n) is 1.63. The van der Waals surface area contributed by atoms with Crippen LogP contribution in [0.5, 0.6) is 11.5 Å². The molecule has 4 N–H and O–H groups in total. The highest BCUT2D eigenvalue weighted by Gasteiger charge is 2.15. The van der Waals surface area contributed by atoms with Gasteiger partial charge in [-0.05, 0) is 24.3 Å². The standard InChI is InChI=1S/C15H11Cl2N3O4/c16-10-2-1-3-11(13(10)17)19-14(23)15(24)20-18-7-8-4-5-9(21)6-12(8)22/h1-7,21-22H,(H,19,23)(H,20,24)/b18-7-. The lowest BCUT2D eigenvalue weighted by Crippen LogP contribution is -2.32. The summed E-state index contributed by atoms with van der Waals surface area (Å²) in [7, 11) is 0. The van der Waals surface area contributed by atoms with E-state index in [1.165, 1.54) is 24.3 Å². The number of rotatable bonds is 3. The van der Waals surface area contributed by atoms with E-state index < -0.39 is 11.8 Å². The number of amides is 2. The highest BCUT2D eigenvalue weighted by Crippen LogP contribution is 2.29. The molecule has 2 amide bonds. The van der Waals surface area contributed by atoms with Gasteiger partial charge in [-0.1, -0.05) is 29.3 Å². The molecule has 0 bridgehead atoms. The zero-order chi connectivity index (χ0) is 17.7. The van der Waals surface area contributed by atoms with Crippen molar-refractivity contribution in [1.29, 1.82) is 0 Å². The molecule has 0 unspecified atom stereocenters. The van der Waals surface area contributed by atoms with Crippen molar-refractivity contribution in [3.05, 3.63) is 52.0 Å². The predicted octanol–water partition coefficient (Wildman–Crippen LogP) is 2.49. The molecule has 0 saturated heterocycles. The van der Waals surface area contributed by atoms with Gasteiger partial charge in [0.15, 0.2) is 0 Å². The van der Waals surface area contributed by atoms with Crippen LogP contribution >= 0.6 is 23.2 Å². The van der Waals surface area contributed by atoms with Crippen molar-refractivity contribution >= 4 is 46.9 Å². The first-order chi connectivity index (χ1) is 11.4. The van der Waals surface area contributed by atoms with Crippen molar-refractivity contribution in [2.75, 3.05) is 5.32 Å². The average molecular weight is 368 g/mol. The molecule has 2 aromatic rings. The molecule has 0 aliphatic heterocycles. The molecule has 0 aliphatic rings. The molecule has 0 fully saturated rings. The Bertz CT molecular complexity index is 824. The monoisotopic (exact) mass is 367 g/mol. The molecule has 0 atom stereocenters. The van der Waals surface area contributed by atoms with Gasteiger partial charge in [0.25, 0.3) is 0 Å². The highest BCUT2D eigenvalue weighted by atomic mass is 35.5. The average Bonchev–Trinajstić information content (AvgIpc) is 2.53. The van der Waals surface area contributed by atoms with Crippen LogP contribution in [-0.4, -0.2) is 28.2 Å². The third kappa shape index (κ3) is 4.37. The third-order valence-electron chi connectivity index (χ3n) is 2.79. The van der Waals surface area contributed by atoms with E-state index in [0.29, 0.717) is 0 Å². The molecular weight excluding hydrogens is 357 g/mol. The number of nitrogens with one attached hydrogen (secondary N) is 2. The maximum Gasteiger partial charge on any atom is 0.329 e. The topological polar surface area (TPSA) is 111 Å². The molecule has 0 heterocycles. The van der Waals surface area contributed by atoms with Crippen LogP contribution in [0.25, 0.3) is 0 Å². The number of phenolic OH excluding ortho intramolecular Hbond substituents is 2. The van der Waals surface area contributed by atoms with Crippen molar-refractivity contribution < 1.29 is 19.8 Å². The first-order valence-electron chi connectivity index (χ1n) is 6.49. The summed E-state index contributed by atoms with van der Waals surface area (Å²) in [6.07, 6.45) is 1.12. The van der Waals surface area contributed by atoms with Crippen molar-refractivity contribution in [1.82, 2.24) is 5.43 Å². The Morgan fingerprint density at radius 2 is 1.83 bits per heavy atom. The van der Waals surface area contributed by atoms with Gasteiger partial charge in [-0.15, -0.1) is 0 Å². The number of hydrogen-bond donors (Lipinski definition) is 4. The molecule has 9 heteroatoms. The number of hydrazone groups is 1. The molecular formula is C15H11Cl2N3O4. The van der Waals surface area contributed by atoms with E-state index in [4.69, 9.17) is 28.3 Å². The van der Waals surface area contributed by atoms with Crippen LogP contribution in [-0.2, 0) is 9.59 Å². The van der Waals surface area contributed by atoms with Crippen molar-refractivity contribution in [2.45, 2.75) is 0 Å². The maximum atomic E-state index is 11.7. The number of anilines is 1. The predicted molar refractivity (Wildman–Crippen MR) is 90.6 cm³/mol. The second-order valence-electron chi connectivity index (χ2n) is 4.50. The summed E-state index contributed by atoms with van der Waals surface area (Å²) in [6.45, 7) is 0. The van der Waals surface area contributed by atoms with Crippen LogP contribution in [0.1, 0.15) is 5.56 Å². The van der Waals surface area contributed by atoms with Crippen molar-refractivity contribution in [3.8, 4) is 11.5 Å². The number of nitrogens with zero attached hydrogens (tertiary/aromatic N) is 1. The Labute approximate surface area is 146 Å². The Kier molecular flexibility index (Phi) is 5.62. The lowest BCUT2D eigenvalue weighted by Gasteiger charge is -2.07. The zero-order valence-corrected chi connectivity index (χ0v) is 13.5. The van der Waals surface area contributed by atoms with Crippen LogP contribution in [0.4, 0.5) is 5.69 Å². The van der Waals surface area contributed by atoms with Gasteiger partial charge in [-0.2, -0.15) is 5.10 Å². The van der Waals surface area contributed by atoms with Crippen LogP contribution in [0.15, 0.2) is 41.5 Å². The molecule has 0 aromatic heterocycles. The van der Waals surface area contributed by atoms with E-state index in [1.54, 1.807) is 6.07 Å². The van der Waals surface area contributed by atoms with Gasteiger partial charge < -0.3 is 15.5 Å². The van der Waals surface area contributed by atoms with Gasteiger partial charge in [0, 0.05) is 11.6 Å². The fourth-order valence-corrected chi connectivity index (χ4v) is 1.98. The van der Waals surface area contributed by atoms with E-state index >= 15 is 0 Å². The van der Waals surface area contributed by atoms with Crippen LogP contribution < -0.4 is 10.7 Å². The molecule has 7 nitrogen and oxygen atoms in total. The number of hydrogen-bond acceptors (Lipinski definition) is 5. The number of phenols is 2. The molecule has 24 heavy (non-hydrogen) atoms. The number of aromatic hydroxyl groups is 2. The minimum Gasteiger partial charge on any atom is -0.508 e. The van der Waals surface area contributed by atoms with Crippen molar-refractivity contribution in [2.24, 2.45) is 5.10 Å². The molecule has 0 radical (unpaired) electrons. The van der Waals surface area contributed by atoms with E-state index in [0.717, 1.165) is 12.3 Å². The van der Waals surface area contributed by atoms with Gasteiger partial charge in [0.1, 0.15) is 11.5 Å². The lowest BCUT2D eigenvalue weighted by molar-refractivity contribution is -0.136. The summed E-state index contributed by atoms with van der Waals surface area (Å²) in [6, 6.07) is 8.40. The summed E-state index contributed by atoms with van der Waals surface area (Å²) in [5.41, 5.74) is 2.42. The fraction of sp³-hybridized carbons (Fsp3) is 0. The van der Waals surface area contributed by atoms with E-state index in [2.05, 4.69) is 10.4 Å². The Balaban J connectivity index is 1.98. The first-order valence-corrected chi connectivity index (χ1v) is 7.24. The smallest absolute Gasteiger partial charge is 0.329 e. The van der Waals surface area contributed by atoms with Crippen LogP contribution in [0.3, 0.4) is 0 Å². The van der Waals surface area contributed by atoms with Crippen molar-refractivity contribution in [3.63, 3.8) is 0 Å². The molecule has 0 saturated carbocycles.